The highest BCUT2D eigenvalue weighted by atomic mass is 16.5. The van der Waals surface area contributed by atoms with Crippen molar-refractivity contribution < 1.29 is 9.53 Å². The van der Waals surface area contributed by atoms with Crippen molar-refractivity contribution in [2.24, 2.45) is 5.92 Å². The molecule has 0 saturated carbocycles. The third-order valence-corrected chi connectivity index (χ3v) is 4.33. The van der Waals surface area contributed by atoms with E-state index in [-0.39, 0.29) is 5.78 Å². The van der Waals surface area contributed by atoms with Crippen LogP contribution in [0.3, 0.4) is 0 Å². The van der Waals surface area contributed by atoms with Gasteiger partial charge in [-0.05, 0) is 43.0 Å². The Kier molecular flexibility index (Phi) is 6.86. The zero-order valence-electron chi connectivity index (χ0n) is 14.1. The summed E-state index contributed by atoms with van der Waals surface area (Å²) >= 11 is 0. The number of rotatable bonds is 9. The Hall–Kier alpha value is -2.09. The SMILES string of the molecule is CCC(CC)CCCOc1ccc(C(=O)c2ccccc2)cc1. The zero-order chi connectivity index (χ0) is 16.5. The van der Waals surface area contributed by atoms with Gasteiger partial charge >= 0.3 is 0 Å². The molecule has 0 radical (unpaired) electrons. The first-order valence-corrected chi connectivity index (χ1v) is 8.57. The molecule has 122 valence electrons. The van der Waals surface area contributed by atoms with Crippen molar-refractivity contribution in [2.75, 3.05) is 6.61 Å². The van der Waals surface area contributed by atoms with Crippen LogP contribution in [0.2, 0.25) is 0 Å². The molecule has 2 aromatic carbocycles. The minimum atomic E-state index is 0.0471. The molecule has 2 heteroatoms. The number of ether oxygens (including phenoxy) is 1. The number of carbonyl (C=O) groups excluding carboxylic acids is 1. The molecular weight excluding hydrogens is 284 g/mol. The second-order valence-electron chi connectivity index (χ2n) is 5.89. The van der Waals surface area contributed by atoms with Gasteiger partial charge in [-0.3, -0.25) is 4.79 Å². The Balaban J connectivity index is 1.84. The van der Waals surface area contributed by atoms with E-state index < -0.39 is 0 Å². The fraction of sp³-hybridized carbons (Fsp3) is 0.381. The number of ketones is 1. The Morgan fingerprint density at radius 1 is 0.913 bits per heavy atom. The Labute approximate surface area is 139 Å². The van der Waals surface area contributed by atoms with Gasteiger partial charge < -0.3 is 4.74 Å². The van der Waals surface area contributed by atoms with Crippen molar-refractivity contribution in [3.8, 4) is 5.75 Å². The van der Waals surface area contributed by atoms with Gasteiger partial charge in [0.25, 0.3) is 0 Å². The molecule has 0 amide bonds. The summed E-state index contributed by atoms with van der Waals surface area (Å²) < 4.78 is 5.77. The Morgan fingerprint density at radius 3 is 2.13 bits per heavy atom. The molecule has 0 aliphatic rings. The van der Waals surface area contributed by atoms with Gasteiger partial charge in [-0.15, -0.1) is 0 Å². The maximum absolute atomic E-state index is 12.3. The van der Waals surface area contributed by atoms with Crippen LogP contribution in [0.4, 0.5) is 0 Å². The fourth-order valence-electron chi connectivity index (χ4n) is 2.72. The average Bonchev–Trinajstić information content (AvgIpc) is 2.62. The van der Waals surface area contributed by atoms with Gasteiger partial charge in [0.1, 0.15) is 5.75 Å². The lowest BCUT2D eigenvalue weighted by Gasteiger charge is -2.12. The van der Waals surface area contributed by atoms with E-state index in [1.54, 1.807) is 0 Å². The summed E-state index contributed by atoms with van der Waals surface area (Å²) in [6, 6.07) is 16.8. The average molecular weight is 310 g/mol. The molecule has 0 fully saturated rings. The molecule has 2 rings (SSSR count). The van der Waals surface area contributed by atoms with Crippen LogP contribution in [0, 0.1) is 5.92 Å². The predicted molar refractivity (Wildman–Crippen MR) is 95.1 cm³/mol. The zero-order valence-corrected chi connectivity index (χ0v) is 14.1. The molecular formula is C21H26O2. The molecule has 0 atom stereocenters. The molecule has 0 heterocycles. The van der Waals surface area contributed by atoms with Crippen LogP contribution in [0.15, 0.2) is 54.6 Å². The first-order chi connectivity index (χ1) is 11.2. The van der Waals surface area contributed by atoms with Crippen molar-refractivity contribution in [1.29, 1.82) is 0 Å². The molecule has 0 aliphatic heterocycles. The molecule has 0 aromatic heterocycles. The normalized spacial score (nSPS) is 10.7. The smallest absolute Gasteiger partial charge is 0.193 e. The van der Waals surface area contributed by atoms with Crippen LogP contribution in [0.1, 0.15) is 55.5 Å². The van der Waals surface area contributed by atoms with Crippen molar-refractivity contribution in [3.05, 3.63) is 65.7 Å². The minimum absolute atomic E-state index is 0.0471. The van der Waals surface area contributed by atoms with Gasteiger partial charge in [0.05, 0.1) is 6.61 Å². The van der Waals surface area contributed by atoms with Crippen LogP contribution in [0.5, 0.6) is 5.75 Å². The van der Waals surface area contributed by atoms with E-state index in [0.29, 0.717) is 11.1 Å². The number of hydrogen-bond acceptors (Lipinski definition) is 2. The van der Waals surface area contributed by atoms with Crippen LogP contribution >= 0.6 is 0 Å². The summed E-state index contributed by atoms with van der Waals surface area (Å²) in [5, 5.41) is 0. The van der Waals surface area contributed by atoms with E-state index in [1.807, 2.05) is 54.6 Å². The highest BCUT2D eigenvalue weighted by Gasteiger charge is 2.08. The van der Waals surface area contributed by atoms with E-state index in [1.165, 1.54) is 19.3 Å². The van der Waals surface area contributed by atoms with Crippen LogP contribution in [-0.4, -0.2) is 12.4 Å². The summed E-state index contributed by atoms with van der Waals surface area (Å²) in [4.78, 5) is 12.3. The van der Waals surface area contributed by atoms with Gasteiger partial charge in [-0.1, -0.05) is 57.0 Å². The summed E-state index contributed by atoms with van der Waals surface area (Å²) in [6.07, 6.45) is 4.79. The van der Waals surface area contributed by atoms with Crippen LogP contribution < -0.4 is 4.74 Å². The third kappa shape index (κ3) is 5.24. The van der Waals surface area contributed by atoms with Gasteiger partial charge in [0.15, 0.2) is 5.78 Å². The highest BCUT2D eigenvalue weighted by molar-refractivity contribution is 6.08. The van der Waals surface area contributed by atoms with E-state index in [4.69, 9.17) is 4.74 Å². The topological polar surface area (TPSA) is 26.3 Å². The molecule has 0 spiro atoms. The second-order valence-corrected chi connectivity index (χ2v) is 5.89. The molecule has 2 nitrogen and oxygen atoms in total. The van der Waals surface area contributed by atoms with Gasteiger partial charge in [-0.2, -0.15) is 0 Å². The number of carbonyl (C=O) groups is 1. The molecule has 0 N–H and O–H groups in total. The predicted octanol–water partition coefficient (Wildman–Crippen LogP) is 5.51. The van der Waals surface area contributed by atoms with Crippen molar-refractivity contribution in [2.45, 2.75) is 39.5 Å². The molecule has 2 aromatic rings. The van der Waals surface area contributed by atoms with Crippen molar-refractivity contribution in [1.82, 2.24) is 0 Å². The quantitative estimate of drug-likeness (QED) is 0.451. The summed E-state index contributed by atoms with van der Waals surface area (Å²) in [5.41, 5.74) is 1.41. The highest BCUT2D eigenvalue weighted by Crippen LogP contribution is 2.18. The van der Waals surface area contributed by atoms with Crippen molar-refractivity contribution in [3.63, 3.8) is 0 Å². The monoisotopic (exact) mass is 310 g/mol. The molecule has 23 heavy (non-hydrogen) atoms. The lowest BCUT2D eigenvalue weighted by atomic mass is 9.98. The Morgan fingerprint density at radius 2 is 1.52 bits per heavy atom. The fourth-order valence-corrected chi connectivity index (χ4v) is 2.72. The van der Waals surface area contributed by atoms with E-state index in [0.717, 1.165) is 24.7 Å². The molecule has 0 aliphatic carbocycles. The summed E-state index contributed by atoms with van der Waals surface area (Å²) in [5.74, 6) is 1.69. The first kappa shape index (κ1) is 17.3. The maximum atomic E-state index is 12.3. The summed E-state index contributed by atoms with van der Waals surface area (Å²) in [6.45, 7) is 5.23. The van der Waals surface area contributed by atoms with E-state index in [2.05, 4.69) is 13.8 Å². The third-order valence-electron chi connectivity index (χ3n) is 4.33. The first-order valence-electron chi connectivity index (χ1n) is 8.57. The molecule has 0 unspecified atom stereocenters. The summed E-state index contributed by atoms with van der Waals surface area (Å²) in [7, 11) is 0. The maximum Gasteiger partial charge on any atom is 0.193 e. The number of hydrogen-bond donors (Lipinski definition) is 0. The van der Waals surface area contributed by atoms with Crippen molar-refractivity contribution >= 4 is 5.78 Å². The standard InChI is InChI=1S/C21H26O2/c1-3-17(4-2)9-8-16-23-20-14-12-19(13-15-20)21(22)18-10-6-5-7-11-18/h5-7,10-15,17H,3-4,8-9,16H2,1-2H3. The van der Waals surface area contributed by atoms with Gasteiger partial charge in [0, 0.05) is 11.1 Å². The van der Waals surface area contributed by atoms with Crippen LogP contribution in [-0.2, 0) is 0 Å². The largest absolute Gasteiger partial charge is 0.494 e. The van der Waals surface area contributed by atoms with Gasteiger partial charge in [-0.25, -0.2) is 0 Å². The minimum Gasteiger partial charge on any atom is -0.494 e. The van der Waals surface area contributed by atoms with Gasteiger partial charge in [0.2, 0.25) is 0 Å². The van der Waals surface area contributed by atoms with Crippen LogP contribution in [0.25, 0.3) is 0 Å². The lowest BCUT2D eigenvalue weighted by Crippen LogP contribution is -2.03. The van der Waals surface area contributed by atoms with E-state index in [9.17, 15) is 4.79 Å². The lowest BCUT2D eigenvalue weighted by molar-refractivity contribution is 0.103. The van der Waals surface area contributed by atoms with E-state index >= 15 is 0 Å². The number of benzene rings is 2. The second kappa shape index (κ2) is 9.14. The molecule has 0 bridgehead atoms. The Bertz CT molecular complexity index is 583. The molecule has 0 saturated heterocycles.